The van der Waals surface area contributed by atoms with Crippen LogP contribution in [-0.4, -0.2) is 5.78 Å². The van der Waals surface area contributed by atoms with Gasteiger partial charge in [-0.3, -0.25) is 4.79 Å². The summed E-state index contributed by atoms with van der Waals surface area (Å²) in [4.78, 5) is 10.4. The Hall–Kier alpha value is -1.05. The molecule has 2 nitrogen and oxygen atoms in total. The average Bonchev–Trinajstić information content (AvgIpc) is 2.12. The van der Waals surface area contributed by atoms with E-state index in [1.807, 2.05) is 0 Å². The van der Waals surface area contributed by atoms with Gasteiger partial charge >= 0.3 is 0 Å². The van der Waals surface area contributed by atoms with Crippen LogP contribution in [0.1, 0.15) is 17.3 Å². The molecule has 0 saturated carbocycles. The first-order valence-electron chi connectivity index (χ1n) is 2.27. The van der Waals surface area contributed by atoms with Crippen molar-refractivity contribution in [1.29, 1.82) is 0 Å². The van der Waals surface area contributed by atoms with E-state index in [1.165, 1.54) is 13.2 Å². The Morgan fingerprint density at radius 2 is 2.62 bits per heavy atom. The van der Waals surface area contributed by atoms with Crippen molar-refractivity contribution < 1.29 is 9.21 Å². The molecule has 1 radical (unpaired) electrons. The number of carbonyl (C=O) groups excluding carboxylic acids is 1. The van der Waals surface area contributed by atoms with Crippen molar-refractivity contribution in [3.8, 4) is 0 Å². The van der Waals surface area contributed by atoms with Crippen molar-refractivity contribution in [1.82, 2.24) is 0 Å². The Balaban J connectivity index is 2.93. The van der Waals surface area contributed by atoms with Gasteiger partial charge in [-0.1, -0.05) is 0 Å². The van der Waals surface area contributed by atoms with E-state index < -0.39 is 0 Å². The van der Waals surface area contributed by atoms with Crippen LogP contribution in [0, 0.1) is 6.26 Å². The van der Waals surface area contributed by atoms with Gasteiger partial charge in [0.25, 0.3) is 0 Å². The van der Waals surface area contributed by atoms with Crippen molar-refractivity contribution in [3.63, 3.8) is 0 Å². The van der Waals surface area contributed by atoms with Gasteiger partial charge in [-0.15, -0.1) is 0 Å². The number of hydrogen-bond donors (Lipinski definition) is 0. The van der Waals surface area contributed by atoms with Gasteiger partial charge in [-0.05, 0) is 13.0 Å². The Morgan fingerprint density at radius 3 is 2.88 bits per heavy atom. The Morgan fingerprint density at radius 1 is 1.88 bits per heavy atom. The summed E-state index contributed by atoms with van der Waals surface area (Å²) < 4.78 is 4.53. The van der Waals surface area contributed by atoms with Crippen molar-refractivity contribution >= 4 is 5.78 Å². The monoisotopic (exact) mass is 109 g/mol. The summed E-state index contributed by atoms with van der Waals surface area (Å²) in [6, 6.07) is 1.59. The van der Waals surface area contributed by atoms with Gasteiger partial charge in [-0.25, -0.2) is 0 Å². The number of hydrogen-bond acceptors (Lipinski definition) is 2. The van der Waals surface area contributed by atoms with Crippen LogP contribution in [0.25, 0.3) is 0 Å². The molecule has 0 fully saturated rings. The minimum absolute atomic E-state index is 0.0150. The van der Waals surface area contributed by atoms with Crippen molar-refractivity contribution in [2.45, 2.75) is 6.92 Å². The zero-order valence-corrected chi connectivity index (χ0v) is 4.47. The Kier molecular flexibility index (Phi) is 1.16. The zero-order valence-electron chi connectivity index (χ0n) is 4.47. The van der Waals surface area contributed by atoms with Gasteiger partial charge in [-0.2, -0.15) is 0 Å². The zero-order chi connectivity index (χ0) is 5.98. The van der Waals surface area contributed by atoms with E-state index in [1.54, 1.807) is 6.07 Å². The summed E-state index contributed by atoms with van der Waals surface area (Å²) in [6.07, 6.45) is 3.84. The van der Waals surface area contributed by atoms with E-state index in [2.05, 4.69) is 10.7 Å². The first-order valence-corrected chi connectivity index (χ1v) is 2.27. The van der Waals surface area contributed by atoms with Gasteiger partial charge < -0.3 is 4.42 Å². The lowest BCUT2D eigenvalue weighted by Gasteiger charge is -1.76. The van der Waals surface area contributed by atoms with E-state index in [4.69, 9.17) is 0 Å². The molecule has 0 bridgehead atoms. The first-order chi connectivity index (χ1) is 3.80. The second-order valence-electron chi connectivity index (χ2n) is 1.49. The summed E-state index contributed by atoms with van der Waals surface area (Å²) in [5.74, 6) is -0.0150. The van der Waals surface area contributed by atoms with Crippen LogP contribution in [0.15, 0.2) is 16.7 Å². The maximum atomic E-state index is 10.4. The highest BCUT2D eigenvalue weighted by Gasteiger charge is 1.97. The third kappa shape index (κ3) is 0.780. The van der Waals surface area contributed by atoms with Crippen molar-refractivity contribution in [3.05, 3.63) is 24.2 Å². The lowest BCUT2D eigenvalue weighted by molar-refractivity contribution is 0.101. The molecule has 0 spiro atoms. The van der Waals surface area contributed by atoms with Gasteiger partial charge in [0.15, 0.2) is 12.0 Å². The molecule has 2 heteroatoms. The highest BCUT2D eigenvalue weighted by molar-refractivity contribution is 5.93. The minimum atomic E-state index is -0.0150. The molecule has 1 aromatic heterocycles. The molecule has 1 rings (SSSR count). The second-order valence-corrected chi connectivity index (χ2v) is 1.49. The van der Waals surface area contributed by atoms with Crippen LogP contribution in [0.2, 0.25) is 0 Å². The fourth-order valence-electron chi connectivity index (χ4n) is 0.423. The van der Waals surface area contributed by atoms with Crippen LogP contribution >= 0.6 is 0 Å². The molecule has 0 atom stereocenters. The minimum Gasteiger partial charge on any atom is -0.460 e. The molecular formula is C6H5O2. The molecule has 0 unspecified atom stereocenters. The summed E-state index contributed by atoms with van der Waals surface area (Å²) in [6.45, 7) is 1.47. The number of ketones is 1. The highest BCUT2D eigenvalue weighted by Crippen LogP contribution is 1.97. The van der Waals surface area contributed by atoms with Crippen LogP contribution in [0.3, 0.4) is 0 Å². The largest absolute Gasteiger partial charge is 0.460 e. The average molecular weight is 109 g/mol. The molecule has 0 aromatic carbocycles. The summed E-state index contributed by atoms with van der Waals surface area (Å²) in [5, 5.41) is 0. The first kappa shape index (κ1) is 5.09. The topological polar surface area (TPSA) is 30.2 Å². The van der Waals surface area contributed by atoms with E-state index >= 15 is 0 Å². The second kappa shape index (κ2) is 1.82. The number of Topliss-reactive ketones (excluding diaryl/α,β-unsaturated/α-hetero) is 1. The van der Waals surface area contributed by atoms with Gasteiger partial charge in [0.2, 0.25) is 0 Å². The normalized spacial score (nSPS) is 9.12. The summed E-state index contributed by atoms with van der Waals surface area (Å²) in [5.41, 5.74) is 0.505. The predicted octanol–water partition coefficient (Wildman–Crippen LogP) is 1.28. The molecule has 41 valence electrons. The predicted molar refractivity (Wildman–Crippen MR) is 27.5 cm³/mol. The maximum Gasteiger partial charge on any atom is 0.180 e. The van der Waals surface area contributed by atoms with Crippen LogP contribution in [0.5, 0.6) is 0 Å². The third-order valence-corrected chi connectivity index (χ3v) is 0.851. The van der Waals surface area contributed by atoms with E-state index in [-0.39, 0.29) is 5.78 Å². The fraction of sp³-hybridized carbons (Fsp3) is 0.167. The molecule has 0 N–H and O–H groups in total. The molecule has 0 aliphatic carbocycles. The quantitative estimate of drug-likeness (QED) is 0.508. The molecule has 0 saturated heterocycles. The Labute approximate surface area is 47.1 Å². The van der Waals surface area contributed by atoms with E-state index in [9.17, 15) is 4.79 Å². The molecular weight excluding hydrogens is 104 g/mol. The van der Waals surface area contributed by atoms with Gasteiger partial charge in [0, 0.05) is 0 Å². The standard InChI is InChI=1S/C6H5O2/c1-5(7)6-2-3-8-4-6/h2-3H,1H3. The van der Waals surface area contributed by atoms with Gasteiger partial charge in [0.05, 0.1) is 11.8 Å². The van der Waals surface area contributed by atoms with E-state index in [0.29, 0.717) is 5.56 Å². The molecule has 1 aromatic rings. The SMILES string of the molecule is CC(=O)c1[c]occ1. The summed E-state index contributed by atoms with van der Waals surface area (Å²) >= 11 is 0. The number of furan rings is 1. The molecule has 0 aliphatic rings. The molecule has 8 heavy (non-hydrogen) atoms. The summed E-state index contributed by atoms with van der Waals surface area (Å²) in [7, 11) is 0. The number of rotatable bonds is 1. The van der Waals surface area contributed by atoms with E-state index in [0.717, 1.165) is 0 Å². The van der Waals surface area contributed by atoms with Crippen molar-refractivity contribution in [2.24, 2.45) is 0 Å². The Bertz CT molecular complexity index is 174. The lowest BCUT2D eigenvalue weighted by atomic mass is 10.2. The van der Waals surface area contributed by atoms with Crippen LogP contribution in [0.4, 0.5) is 0 Å². The molecule has 0 amide bonds. The smallest absolute Gasteiger partial charge is 0.180 e. The van der Waals surface area contributed by atoms with Crippen molar-refractivity contribution in [2.75, 3.05) is 0 Å². The number of carbonyl (C=O) groups is 1. The third-order valence-electron chi connectivity index (χ3n) is 0.851. The van der Waals surface area contributed by atoms with Gasteiger partial charge in [0.1, 0.15) is 0 Å². The maximum absolute atomic E-state index is 10.4. The van der Waals surface area contributed by atoms with Crippen LogP contribution < -0.4 is 0 Å². The van der Waals surface area contributed by atoms with Crippen LogP contribution in [-0.2, 0) is 0 Å². The lowest BCUT2D eigenvalue weighted by Crippen LogP contribution is -1.85. The molecule has 0 aliphatic heterocycles. The molecule has 1 heterocycles. The fourth-order valence-corrected chi connectivity index (χ4v) is 0.423. The highest BCUT2D eigenvalue weighted by atomic mass is 16.3.